The Labute approximate surface area is 111 Å². The molecule has 3 aromatic rings. The number of fused-ring (bicyclic) bond motifs is 1. The van der Waals surface area contributed by atoms with E-state index < -0.39 is 0 Å². The molecular formula is C13H9BrFN3. The third-order valence-electron chi connectivity index (χ3n) is 2.76. The molecule has 2 aromatic heterocycles. The van der Waals surface area contributed by atoms with Crippen molar-refractivity contribution in [3.05, 3.63) is 47.1 Å². The van der Waals surface area contributed by atoms with E-state index in [-0.39, 0.29) is 5.82 Å². The first-order chi connectivity index (χ1) is 8.63. The van der Waals surface area contributed by atoms with Crippen molar-refractivity contribution >= 4 is 26.8 Å². The fraction of sp³-hybridized carbons (Fsp3) is 0.0769. The molecule has 0 aliphatic heterocycles. The SMILES string of the molecule is Cn1cc(-c2cnc3cc(F)c(Br)cc3c2)cn1. The zero-order valence-electron chi connectivity index (χ0n) is 9.56. The number of aromatic nitrogens is 3. The van der Waals surface area contributed by atoms with Crippen LogP contribution in [0.5, 0.6) is 0 Å². The van der Waals surface area contributed by atoms with Crippen molar-refractivity contribution < 1.29 is 4.39 Å². The minimum Gasteiger partial charge on any atom is -0.275 e. The lowest BCUT2D eigenvalue weighted by molar-refractivity contribution is 0.623. The zero-order chi connectivity index (χ0) is 12.7. The summed E-state index contributed by atoms with van der Waals surface area (Å²) in [5, 5.41) is 5.02. The molecule has 0 saturated carbocycles. The molecule has 2 heterocycles. The minimum absolute atomic E-state index is 0.302. The van der Waals surface area contributed by atoms with Gasteiger partial charge in [-0.15, -0.1) is 0 Å². The molecule has 0 N–H and O–H groups in total. The Hall–Kier alpha value is -1.75. The lowest BCUT2D eigenvalue weighted by Crippen LogP contribution is -1.86. The van der Waals surface area contributed by atoms with E-state index in [9.17, 15) is 4.39 Å². The quantitative estimate of drug-likeness (QED) is 0.688. The monoisotopic (exact) mass is 305 g/mol. The summed E-state index contributed by atoms with van der Waals surface area (Å²) in [5.41, 5.74) is 2.60. The molecule has 18 heavy (non-hydrogen) atoms. The van der Waals surface area contributed by atoms with Crippen molar-refractivity contribution in [1.82, 2.24) is 14.8 Å². The van der Waals surface area contributed by atoms with Crippen LogP contribution < -0.4 is 0 Å². The average molecular weight is 306 g/mol. The number of hydrogen-bond donors (Lipinski definition) is 0. The highest BCUT2D eigenvalue weighted by molar-refractivity contribution is 9.10. The Kier molecular flexibility index (Phi) is 2.63. The number of pyridine rings is 1. The average Bonchev–Trinajstić information content (AvgIpc) is 2.77. The highest BCUT2D eigenvalue weighted by Gasteiger charge is 2.06. The third kappa shape index (κ3) is 1.90. The van der Waals surface area contributed by atoms with Crippen LogP contribution in [-0.2, 0) is 7.05 Å². The maximum atomic E-state index is 13.4. The minimum atomic E-state index is -0.302. The van der Waals surface area contributed by atoms with Crippen molar-refractivity contribution in [3.8, 4) is 11.1 Å². The second-order valence-corrected chi connectivity index (χ2v) is 4.94. The molecule has 5 heteroatoms. The number of nitrogens with zero attached hydrogens (tertiary/aromatic N) is 3. The molecule has 0 amide bonds. The van der Waals surface area contributed by atoms with Crippen LogP contribution in [-0.4, -0.2) is 14.8 Å². The lowest BCUT2D eigenvalue weighted by Gasteiger charge is -2.02. The first-order valence-corrected chi connectivity index (χ1v) is 6.16. The van der Waals surface area contributed by atoms with Crippen molar-refractivity contribution in [2.24, 2.45) is 7.05 Å². The van der Waals surface area contributed by atoms with Crippen LogP contribution in [0.3, 0.4) is 0 Å². The van der Waals surface area contributed by atoms with E-state index >= 15 is 0 Å². The Morgan fingerprint density at radius 1 is 1.17 bits per heavy atom. The number of benzene rings is 1. The first kappa shape index (κ1) is 11.3. The largest absolute Gasteiger partial charge is 0.275 e. The van der Waals surface area contributed by atoms with Crippen LogP contribution in [0.2, 0.25) is 0 Å². The summed E-state index contributed by atoms with van der Waals surface area (Å²) >= 11 is 3.18. The molecular weight excluding hydrogens is 297 g/mol. The van der Waals surface area contributed by atoms with Gasteiger partial charge in [0.25, 0.3) is 0 Å². The Morgan fingerprint density at radius 3 is 2.72 bits per heavy atom. The molecule has 0 aliphatic carbocycles. The third-order valence-corrected chi connectivity index (χ3v) is 3.37. The molecule has 0 aliphatic rings. The molecule has 0 unspecified atom stereocenters. The summed E-state index contributed by atoms with van der Waals surface area (Å²) in [7, 11) is 1.87. The fourth-order valence-corrected chi connectivity index (χ4v) is 2.21. The predicted molar refractivity (Wildman–Crippen MR) is 71.6 cm³/mol. The van der Waals surface area contributed by atoms with Gasteiger partial charge >= 0.3 is 0 Å². The Bertz CT molecular complexity index is 736. The maximum absolute atomic E-state index is 13.4. The Morgan fingerprint density at radius 2 is 2.00 bits per heavy atom. The number of hydrogen-bond acceptors (Lipinski definition) is 2. The molecule has 90 valence electrons. The summed E-state index contributed by atoms with van der Waals surface area (Å²) in [6.07, 6.45) is 5.43. The van der Waals surface area contributed by atoms with E-state index in [2.05, 4.69) is 26.0 Å². The molecule has 0 spiro atoms. The second-order valence-electron chi connectivity index (χ2n) is 4.09. The summed E-state index contributed by atoms with van der Waals surface area (Å²) in [5.74, 6) is -0.302. The van der Waals surface area contributed by atoms with Gasteiger partial charge in [-0.1, -0.05) is 0 Å². The molecule has 0 fully saturated rings. The molecule has 1 aromatic carbocycles. The predicted octanol–water partition coefficient (Wildman–Crippen LogP) is 3.54. The van der Waals surface area contributed by atoms with Crippen LogP contribution in [0.1, 0.15) is 0 Å². The van der Waals surface area contributed by atoms with Crippen LogP contribution in [0.4, 0.5) is 4.39 Å². The first-order valence-electron chi connectivity index (χ1n) is 5.37. The van der Waals surface area contributed by atoms with Crippen LogP contribution in [0, 0.1) is 5.82 Å². The topological polar surface area (TPSA) is 30.7 Å². The molecule has 3 nitrogen and oxygen atoms in total. The number of aryl methyl sites for hydroxylation is 1. The fourth-order valence-electron chi connectivity index (χ4n) is 1.85. The molecule has 0 bridgehead atoms. The summed E-state index contributed by atoms with van der Waals surface area (Å²) in [6.45, 7) is 0. The van der Waals surface area contributed by atoms with Gasteiger partial charge in [0, 0.05) is 42.0 Å². The van der Waals surface area contributed by atoms with E-state index in [4.69, 9.17) is 0 Å². The van der Waals surface area contributed by atoms with Gasteiger partial charge in [0.2, 0.25) is 0 Å². The molecule has 0 saturated heterocycles. The van der Waals surface area contributed by atoms with Gasteiger partial charge in [0.05, 0.1) is 16.2 Å². The van der Waals surface area contributed by atoms with Crippen molar-refractivity contribution in [2.45, 2.75) is 0 Å². The molecule has 0 atom stereocenters. The number of rotatable bonds is 1. The summed E-state index contributed by atoms with van der Waals surface area (Å²) < 4.78 is 15.6. The van der Waals surface area contributed by atoms with E-state index in [0.717, 1.165) is 16.5 Å². The Balaban J connectivity index is 2.19. The van der Waals surface area contributed by atoms with Gasteiger partial charge in [-0.3, -0.25) is 9.67 Å². The maximum Gasteiger partial charge on any atom is 0.139 e. The van der Waals surface area contributed by atoms with Crippen molar-refractivity contribution in [1.29, 1.82) is 0 Å². The van der Waals surface area contributed by atoms with Crippen LogP contribution in [0.25, 0.3) is 22.0 Å². The van der Waals surface area contributed by atoms with Crippen molar-refractivity contribution in [2.75, 3.05) is 0 Å². The highest BCUT2D eigenvalue weighted by Crippen LogP contribution is 2.26. The van der Waals surface area contributed by atoms with Gasteiger partial charge in [0.1, 0.15) is 5.82 Å². The standard InChI is InChI=1S/C13H9BrFN3/c1-18-7-10(6-17-18)9-2-8-3-11(14)12(15)4-13(8)16-5-9/h2-7H,1H3. The lowest BCUT2D eigenvalue weighted by atomic mass is 10.1. The van der Waals surface area contributed by atoms with Gasteiger partial charge in [-0.25, -0.2) is 4.39 Å². The van der Waals surface area contributed by atoms with E-state index in [1.54, 1.807) is 23.1 Å². The smallest absolute Gasteiger partial charge is 0.139 e. The normalized spacial score (nSPS) is 11.1. The van der Waals surface area contributed by atoms with Gasteiger partial charge < -0.3 is 0 Å². The van der Waals surface area contributed by atoms with E-state index in [1.165, 1.54) is 6.07 Å². The van der Waals surface area contributed by atoms with Crippen LogP contribution >= 0.6 is 15.9 Å². The van der Waals surface area contributed by atoms with Gasteiger partial charge in [0.15, 0.2) is 0 Å². The number of halogens is 2. The van der Waals surface area contributed by atoms with Gasteiger partial charge in [-0.2, -0.15) is 5.10 Å². The second kappa shape index (κ2) is 4.17. The van der Waals surface area contributed by atoms with E-state index in [1.807, 2.05) is 19.3 Å². The highest BCUT2D eigenvalue weighted by atomic mass is 79.9. The van der Waals surface area contributed by atoms with Gasteiger partial charge in [-0.05, 0) is 28.1 Å². The van der Waals surface area contributed by atoms with Crippen LogP contribution in [0.15, 0.2) is 41.3 Å². The molecule has 0 radical (unpaired) electrons. The summed E-state index contributed by atoms with van der Waals surface area (Å²) in [6, 6.07) is 5.13. The molecule has 3 rings (SSSR count). The van der Waals surface area contributed by atoms with E-state index in [0.29, 0.717) is 9.99 Å². The summed E-state index contributed by atoms with van der Waals surface area (Å²) in [4.78, 5) is 4.27. The van der Waals surface area contributed by atoms with Crippen molar-refractivity contribution in [3.63, 3.8) is 0 Å². The zero-order valence-corrected chi connectivity index (χ0v) is 11.1.